The van der Waals surface area contributed by atoms with E-state index >= 15 is 0 Å². The molecule has 1 aliphatic rings. The van der Waals surface area contributed by atoms with Crippen LogP contribution in [0.4, 0.5) is 5.69 Å². The fourth-order valence-electron chi connectivity index (χ4n) is 2.26. The lowest BCUT2D eigenvalue weighted by Crippen LogP contribution is -2.27. The van der Waals surface area contributed by atoms with E-state index in [0.717, 1.165) is 15.7 Å². The highest BCUT2D eigenvalue weighted by atomic mass is 79.9. The second-order valence-corrected chi connectivity index (χ2v) is 7.46. The van der Waals surface area contributed by atoms with Crippen LogP contribution in [0.5, 0.6) is 0 Å². The van der Waals surface area contributed by atoms with Crippen LogP contribution in [-0.2, 0) is 4.79 Å². The lowest BCUT2D eigenvalue weighted by atomic mass is 10.2. The van der Waals surface area contributed by atoms with Crippen LogP contribution in [0.25, 0.3) is 0 Å². The van der Waals surface area contributed by atoms with Crippen molar-refractivity contribution in [2.24, 2.45) is 0 Å². The Morgan fingerprint density at radius 3 is 2.33 bits per heavy atom. The molecule has 1 atom stereocenters. The van der Waals surface area contributed by atoms with Gasteiger partial charge in [0.2, 0.25) is 5.91 Å². The number of nitrogens with zero attached hydrogens (tertiary/aromatic N) is 1. The smallest absolute Gasteiger partial charge is 0.238 e. The molecular formula is C15H10BrCl2NOS. The van der Waals surface area contributed by atoms with Crippen molar-refractivity contribution < 1.29 is 4.79 Å². The number of anilines is 1. The monoisotopic (exact) mass is 401 g/mol. The Morgan fingerprint density at radius 1 is 1.10 bits per heavy atom. The molecule has 6 heteroatoms. The molecular weight excluding hydrogens is 393 g/mol. The van der Waals surface area contributed by atoms with Gasteiger partial charge in [0, 0.05) is 20.2 Å². The predicted octanol–water partition coefficient (Wildman–Crippen LogP) is 5.53. The number of rotatable bonds is 2. The molecule has 0 spiro atoms. The zero-order chi connectivity index (χ0) is 15.0. The van der Waals surface area contributed by atoms with Crippen LogP contribution in [0.3, 0.4) is 0 Å². The molecule has 2 aromatic rings. The van der Waals surface area contributed by atoms with Gasteiger partial charge in [0.15, 0.2) is 0 Å². The highest BCUT2D eigenvalue weighted by Crippen LogP contribution is 2.43. The lowest BCUT2D eigenvalue weighted by Gasteiger charge is -2.24. The minimum absolute atomic E-state index is 0.0554. The fraction of sp³-hybridized carbons (Fsp3) is 0.133. The summed E-state index contributed by atoms with van der Waals surface area (Å²) in [7, 11) is 0. The Hall–Kier alpha value is -0.680. The van der Waals surface area contributed by atoms with E-state index in [1.165, 1.54) is 0 Å². The van der Waals surface area contributed by atoms with Gasteiger partial charge in [-0.05, 0) is 35.9 Å². The lowest BCUT2D eigenvalue weighted by molar-refractivity contribution is -0.115. The van der Waals surface area contributed by atoms with Crippen LogP contribution in [0, 0.1) is 0 Å². The number of carbonyl (C=O) groups excluding carboxylic acids is 1. The molecule has 1 fully saturated rings. The molecule has 0 saturated carbocycles. The second kappa shape index (κ2) is 6.21. The van der Waals surface area contributed by atoms with Crippen LogP contribution in [0.2, 0.25) is 10.0 Å². The zero-order valence-corrected chi connectivity index (χ0v) is 14.6. The molecule has 0 aromatic heterocycles. The van der Waals surface area contributed by atoms with E-state index in [-0.39, 0.29) is 11.3 Å². The normalized spacial score (nSPS) is 18.3. The number of halogens is 3. The van der Waals surface area contributed by atoms with Crippen LogP contribution in [-0.4, -0.2) is 11.7 Å². The Kier molecular flexibility index (Phi) is 4.50. The maximum absolute atomic E-state index is 12.3. The van der Waals surface area contributed by atoms with Gasteiger partial charge in [0.1, 0.15) is 5.37 Å². The Balaban J connectivity index is 2.01. The molecule has 0 radical (unpaired) electrons. The molecule has 2 nitrogen and oxygen atoms in total. The van der Waals surface area contributed by atoms with Crippen molar-refractivity contribution in [1.29, 1.82) is 0 Å². The minimum Gasteiger partial charge on any atom is -0.295 e. The number of amides is 1. The first-order chi connectivity index (χ1) is 10.0. The maximum atomic E-state index is 12.3. The molecule has 0 bridgehead atoms. The maximum Gasteiger partial charge on any atom is 0.238 e. The first-order valence-electron chi connectivity index (χ1n) is 6.20. The molecule has 21 heavy (non-hydrogen) atoms. The van der Waals surface area contributed by atoms with Gasteiger partial charge < -0.3 is 0 Å². The summed E-state index contributed by atoms with van der Waals surface area (Å²) in [4.78, 5) is 14.0. The number of benzene rings is 2. The summed E-state index contributed by atoms with van der Waals surface area (Å²) < 4.78 is 1.01. The molecule has 3 rings (SSSR count). The highest BCUT2D eigenvalue weighted by molar-refractivity contribution is 9.10. The number of thioether (sulfide) groups is 1. The molecule has 1 heterocycles. The molecule has 108 valence electrons. The summed E-state index contributed by atoms with van der Waals surface area (Å²) in [5.74, 6) is 0.511. The molecule has 0 N–H and O–H groups in total. The van der Waals surface area contributed by atoms with Gasteiger partial charge in [0.25, 0.3) is 0 Å². The third-order valence-electron chi connectivity index (χ3n) is 3.15. The SMILES string of the molecule is O=C1CS[C@H](c2ccc(Br)cc2)N1c1cc(Cl)cc(Cl)c1. The molecule has 1 saturated heterocycles. The van der Waals surface area contributed by atoms with Crippen molar-refractivity contribution >= 4 is 62.5 Å². The van der Waals surface area contributed by atoms with Crippen molar-refractivity contribution in [3.63, 3.8) is 0 Å². The number of hydrogen-bond donors (Lipinski definition) is 0. The standard InChI is InChI=1S/C15H10BrCl2NOS/c16-10-3-1-9(2-4-10)15-19(14(20)8-21-15)13-6-11(17)5-12(18)7-13/h1-7,15H,8H2/t15-/m1/s1. The third-order valence-corrected chi connectivity index (χ3v) is 5.33. The van der Waals surface area contributed by atoms with E-state index in [0.29, 0.717) is 15.8 Å². The fourth-order valence-corrected chi connectivity index (χ4v) is 4.21. The van der Waals surface area contributed by atoms with Gasteiger partial charge in [-0.15, -0.1) is 11.8 Å². The predicted molar refractivity (Wildman–Crippen MR) is 93.3 cm³/mol. The van der Waals surface area contributed by atoms with Crippen LogP contribution >= 0.6 is 50.9 Å². The van der Waals surface area contributed by atoms with E-state index < -0.39 is 0 Å². The van der Waals surface area contributed by atoms with Gasteiger partial charge in [-0.1, -0.05) is 51.3 Å². The van der Waals surface area contributed by atoms with Crippen LogP contribution in [0.15, 0.2) is 46.9 Å². The zero-order valence-electron chi connectivity index (χ0n) is 10.7. The second-order valence-electron chi connectivity index (χ2n) is 4.61. The number of carbonyl (C=O) groups is 1. The summed E-state index contributed by atoms with van der Waals surface area (Å²) in [6.45, 7) is 0. The molecule has 2 aromatic carbocycles. The van der Waals surface area contributed by atoms with Crippen LogP contribution < -0.4 is 4.90 Å². The topological polar surface area (TPSA) is 20.3 Å². The third kappa shape index (κ3) is 3.24. The quantitative estimate of drug-likeness (QED) is 0.657. The summed E-state index contributed by atoms with van der Waals surface area (Å²) in [6, 6.07) is 13.2. The first-order valence-corrected chi connectivity index (χ1v) is 8.79. The van der Waals surface area contributed by atoms with Crippen LogP contribution in [0.1, 0.15) is 10.9 Å². The van der Waals surface area contributed by atoms with Gasteiger partial charge in [-0.3, -0.25) is 9.69 Å². The Labute approximate surface area is 145 Å². The Morgan fingerprint density at radius 2 is 1.71 bits per heavy atom. The molecule has 0 aliphatic carbocycles. The van der Waals surface area contributed by atoms with E-state index in [4.69, 9.17) is 23.2 Å². The number of hydrogen-bond acceptors (Lipinski definition) is 2. The van der Waals surface area contributed by atoms with Gasteiger partial charge in [-0.25, -0.2) is 0 Å². The Bertz CT molecular complexity index is 672. The van der Waals surface area contributed by atoms with Gasteiger partial charge >= 0.3 is 0 Å². The summed E-state index contributed by atoms with van der Waals surface area (Å²) in [6.07, 6.45) is 0. The summed E-state index contributed by atoms with van der Waals surface area (Å²) in [5.41, 5.74) is 1.81. The van der Waals surface area contributed by atoms with Crippen molar-refractivity contribution in [1.82, 2.24) is 0 Å². The summed E-state index contributed by atoms with van der Waals surface area (Å²) in [5, 5.41) is 0.994. The minimum atomic E-state index is -0.0554. The first kappa shape index (κ1) is 15.2. The van der Waals surface area contributed by atoms with Crippen molar-refractivity contribution in [2.75, 3.05) is 10.7 Å². The van der Waals surface area contributed by atoms with Crippen molar-refractivity contribution in [3.8, 4) is 0 Å². The van der Waals surface area contributed by atoms with Gasteiger partial charge in [-0.2, -0.15) is 0 Å². The molecule has 1 amide bonds. The molecule has 1 aliphatic heterocycles. The average Bonchev–Trinajstić information content (AvgIpc) is 2.80. The largest absolute Gasteiger partial charge is 0.295 e. The van der Waals surface area contributed by atoms with E-state index in [1.54, 1.807) is 34.9 Å². The highest BCUT2D eigenvalue weighted by Gasteiger charge is 2.34. The van der Waals surface area contributed by atoms with E-state index in [2.05, 4.69) is 15.9 Å². The average molecular weight is 403 g/mol. The van der Waals surface area contributed by atoms with E-state index in [1.807, 2.05) is 24.3 Å². The van der Waals surface area contributed by atoms with Crippen molar-refractivity contribution in [2.45, 2.75) is 5.37 Å². The molecule has 0 unspecified atom stereocenters. The summed E-state index contributed by atoms with van der Waals surface area (Å²) >= 11 is 17.1. The van der Waals surface area contributed by atoms with Gasteiger partial charge in [0.05, 0.1) is 5.75 Å². The van der Waals surface area contributed by atoms with Crippen molar-refractivity contribution in [3.05, 3.63) is 62.5 Å². The van der Waals surface area contributed by atoms with E-state index in [9.17, 15) is 4.79 Å².